The first-order valence-electron chi connectivity index (χ1n) is 7.12. The van der Waals surface area contributed by atoms with E-state index in [4.69, 9.17) is 0 Å². The molecule has 7 heteroatoms. The number of phenolic OH excluding ortho intramolecular Hbond substituents is 1. The largest absolute Gasteiger partial charge is 0.507 e. The summed E-state index contributed by atoms with van der Waals surface area (Å²) < 4.78 is 43.8. The summed E-state index contributed by atoms with van der Waals surface area (Å²) in [5.74, 6) is -2.06. The van der Waals surface area contributed by atoms with Crippen LogP contribution >= 0.6 is 0 Å². The minimum Gasteiger partial charge on any atom is -0.507 e. The van der Waals surface area contributed by atoms with Crippen LogP contribution in [0.15, 0.2) is 36.4 Å². The van der Waals surface area contributed by atoms with Crippen molar-refractivity contribution in [1.29, 1.82) is 0 Å². The summed E-state index contributed by atoms with van der Waals surface area (Å²) in [6, 6.07) is 6.79. The summed E-state index contributed by atoms with van der Waals surface area (Å²) in [6.07, 6.45) is -3.26. The number of methoxy groups -OCH3 is 1. The molecule has 0 spiro atoms. The van der Waals surface area contributed by atoms with Gasteiger partial charge in [0, 0.05) is 5.56 Å². The molecule has 2 aromatic rings. The lowest BCUT2D eigenvalue weighted by molar-refractivity contribution is -0.138. The number of fused-ring (bicyclic) bond motifs is 1. The van der Waals surface area contributed by atoms with E-state index in [0.717, 1.165) is 12.1 Å². The number of esters is 1. The number of benzene rings is 2. The van der Waals surface area contributed by atoms with Crippen molar-refractivity contribution in [2.45, 2.75) is 6.18 Å². The molecular formula is C18H11F3O4. The van der Waals surface area contributed by atoms with Crippen molar-refractivity contribution in [2.75, 3.05) is 7.11 Å². The zero-order chi connectivity index (χ0) is 18.4. The highest BCUT2D eigenvalue weighted by Crippen LogP contribution is 2.39. The van der Waals surface area contributed by atoms with Crippen LogP contribution in [0.1, 0.15) is 32.6 Å². The lowest BCUT2D eigenvalue weighted by Gasteiger charge is -2.20. The third-order valence-electron chi connectivity index (χ3n) is 3.88. The Balaban J connectivity index is 2.03. The number of alkyl halides is 3. The average Bonchev–Trinajstić information content (AvgIpc) is 2.56. The van der Waals surface area contributed by atoms with E-state index in [1.165, 1.54) is 37.5 Å². The van der Waals surface area contributed by atoms with Gasteiger partial charge in [0.2, 0.25) is 0 Å². The Bertz CT molecular complexity index is 926. The van der Waals surface area contributed by atoms with E-state index < -0.39 is 34.8 Å². The molecule has 2 aromatic carbocycles. The summed E-state index contributed by atoms with van der Waals surface area (Å²) in [4.78, 5) is 24.0. The van der Waals surface area contributed by atoms with Crippen molar-refractivity contribution in [3.8, 4) is 5.75 Å². The second-order valence-corrected chi connectivity index (χ2v) is 5.38. The summed E-state index contributed by atoms with van der Waals surface area (Å²) >= 11 is 0. The number of phenols is 1. The zero-order valence-corrected chi connectivity index (χ0v) is 12.8. The molecule has 1 aliphatic carbocycles. The van der Waals surface area contributed by atoms with E-state index in [2.05, 4.69) is 4.74 Å². The number of halogens is 3. The molecule has 0 amide bonds. The van der Waals surface area contributed by atoms with Crippen LogP contribution in [0.4, 0.5) is 13.2 Å². The van der Waals surface area contributed by atoms with Gasteiger partial charge in [-0.2, -0.15) is 13.2 Å². The number of carbonyl (C=O) groups excluding carboxylic acids is 2. The van der Waals surface area contributed by atoms with Crippen LogP contribution in [0.5, 0.6) is 5.75 Å². The third-order valence-corrected chi connectivity index (χ3v) is 3.88. The Morgan fingerprint density at radius 2 is 1.76 bits per heavy atom. The van der Waals surface area contributed by atoms with Crippen LogP contribution in [0, 0.1) is 0 Å². The fourth-order valence-corrected chi connectivity index (χ4v) is 2.65. The minimum atomic E-state index is -4.69. The molecule has 0 atom stereocenters. The zero-order valence-electron chi connectivity index (χ0n) is 12.8. The predicted molar refractivity (Wildman–Crippen MR) is 82.9 cm³/mol. The lowest BCUT2D eigenvalue weighted by Crippen LogP contribution is -2.15. The molecule has 1 aliphatic rings. The van der Waals surface area contributed by atoms with Crippen molar-refractivity contribution in [2.24, 2.45) is 0 Å². The highest BCUT2D eigenvalue weighted by Gasteiger charge is 2.36. The molecule has 0 aliphatic heterocycles. The number of carbonyl (C=O) groups is 2. The number of ether oxygens (including phenoxy) is 1. The molecule has 3 rings (SSSR count). The maximum atomic E-state index is 13.1. The van der Waals surface area contributed by atoms with Gasteiger partial charge in [-0.3, -0.25) is 4.79 Å². The van der Waals surface area contributed by atoms with E-state index in [-0.39, 0.29) is 11.1 Å². The van der Waals surface area contributed by atoms with E-state index in [0.29, 0.717) is 11.1 Å². The third kappa shape index (κ3) is 2.77. The molecule has 0 heterocycles. The highest BCUT2D eigenvalue weighted by molar-refractivity contribution is 6.28. The van der Waals surface area contributed by atoms with Gasteiger partial charge in [0.1, 0.15) is 5.75 Å². The molecule has 0 saturated heterocycles. The fourth-order valence-electron chi connectivity index (χ4n) is 2.65. The van der Waals surface area contributed by atoms with Crippen LogP contribution in [0.25, 0.3) is 11.6 Å². The van der Waals surface area contributed by atoms with Gasteiger partial charge in [-0.25, -0.2) is 4.79 Å². The Hall–Kier alpha value is -3.09. The van der Waals surface area contributed by atoms with Gasteiger partial charge >= 0.3 is 12.1 Å². The van der Waals surface area contributed by atoms with Crippen LogP contribution < -0.4 is 0 Å². The number of rotatable bonds is 3. The smallest absolute Gasteiger partial charge is 0.417 e. The second kappa shape index (κ2) is 5.77. The van der Waals surface area contributed by atoms with Gasteiger partial charge in [-0.05, 0) is 35.4 Å². The number of hydrogen-bond acceptors (Lipinski definition) is 4. The molecule has 4 nitrogen and oxygen atoms in total. The summed E-state index contributed by atoms with van der Waals surface area (Å²) in [5.41, 5.74) is -0.830. The molecule has 128 valence electrons. The van der Waals surface area contributed by atoms with Gasteiger partial charge < -0.3 is 9.84 Å². The van der Waals surface area contributed by atoms with Crippen molar-refractivity contribution >= 4 is 23.4 Å². The van der Waals surface area contributed by atoms with Gasteiger partial charge in [0.15, 0.2) is 5.78 Å². The SMILES string of the molecule is COC(=O)C1=Cc2cc(C(=O)c3ccccc3C(F)(F)F)c(O)cc21. The minimum absolute atomic E-state index is 0.225. The molecule has 1 N–H and O–H groups in total. The summed E-state index contributed by atoms with van der Waals surface area (Å²) in [6.45, 7) is 0. The topological polar surface area (TPSA) is 63.6 Å². The maximum absolute atomic E-state index is 13.1. The molecule has 0 aromatic heterocycles. The maximum Gasteiger partial charge on any atom is 0.417 e. The van der Waals surface area contributed by atoms with Crippen LogP contribution in [-0.4, -0.2) is 24.0 Å². The van der Waals surface area contributed by atoms with Crippen LogP contribution in [0.2, 0.25) is 0 Å². The molecule has 0 fully saturated rings. The van der Waals surface area contributed by atoms with E-state index >= 15 is 0 Å². The molecule has 0 radical (unpaired) electrons. The van der Waals surface area contributed by atoms with Crippen molar-refractivity contribution in [1.82, 2.24) is 0 Å². The number of ketones is 1. The standard InChI is InChI=1S/C18H11F3O4/c1-25-17(24)12-6-9-7-13(15(22)8-11(9)12)16(23)10-4-2-3-5-14(10)18(19,20)21/h2-8,22H,1H3. The quantitative estimate of drug-likeness (QED) is 0.679. The number of aromatic hydroxyl groups is 1. The molecular weight excluding hydrogens is 337 g/mol. The van der Waals surface area contributed by atoms with Crippen molar-refractivity contribution in [3.63, 3.8) is 0 Å². The van der Waals surface area contributed by atoms with Gasteiger partial charge in [-0.1, -0.05) is 18.2 Å². The normalized spacial score (nSPS) is 12.7. The Labute approximate surface area is 140 Å². The van der Waals surface area contributed by atoms with Crippen LogP contribution in [0.3, 0.4) is 0 Å². The van der Waals surface area contributed by atoms with E-state index in [1.54, 1.807) is 0 Å². The Morgan fingerprint density at radius 3 is 2.40 bits per heavy atom. The second-order valence-electron chi connectivity index (χ2n) is 5.38. The van der Waals surface area contributed by atoms with Gasteiger partial charge in [-0.15, -0.1) is 0 Å². The lowest BCUT2D eigenvalue weighted by atomic mass is 9.85. The molecule has 0 saturated carbocycles. The van der Waals surface area contributed by atoms with E-state index in [9.17, 15) is 27.9 Å². The summed E-state index contributed by atoms with van der Waals surface area (Å²) in [5, 5.41) is 10.1. The van der Waals surface area contributed by atoms with Gasteiger partial charge in [0.05, 0.1) is 23.8 Å². The number of hydrogen-bond donors (Lipinski definition) is 1. The van der Waals surface area contributed by atoms with Crippen molar-refractivity contribution in [3.05, 3.63) is 64.2 Å². The first-order chi connectivity index (χ1) is 11.7. The highest BCUT2D eigenvalue weighted by atomic mass is 19.4. The van der Waals surface area contributed by atoms with Crippen LogP contribution in [-0.2, 0) is 15.7 Å². The first kappa shape index (κ1) is 16.8. The van der Waals surface area contributed by atoms with E-state index in [1.807, 2.05) is 0 Å². The summed E-state index contributed by atoms with van der Waals surface area (Å²) in [7, 11) is 1.20. The molecule has 0 unspecified atom stereocenters. The average molecular weight is 348 g/mol. The van der Waals surface area contributed by atoms with Crippen molar-refractivity contribution < 1.29 is 32.6 Å². The Morgan fingerprint density at radius 1 is 1.08 bits per heavy atom. The first-order valence-corrected chi connectivity index (χ1v) is 7.12. The molecule has 25 heavy (non-hydrogen) atoms. The fraction of sp³-hybridized carbons (Fsp3) is 0.111. The Kier molecular flexibility index (Phi) is 3.87. The predicted octanol–water partition coefficient (Wildman–Crippen LogP) is 3.67. The van der Waals surface area contributed by atoms with Gasteiger partial charge in [0.25, 0.3) is 0 Å². The molecule has 0 bridgehead atoms. The monoisotopic (exact) mass is 348 g/mol.